The molecule has 2 heterocycles. The van der Waals surface area contributed by atoms with Crippen LogP contribution in [0.15, 0.2) is 6.20 Å². The number of carboxylic acids is 1. The molecule has 7 nitrogen and oxygen atoms in total. The molecule has 106 valence electrons. The first-order valence-corrected chi connectivity index (χ1v) is 6.58. The highest BCUT2D eigenvalue weighted by Crippen LogP contribution is 2.29. The summed E-state index contributed by atoms with van der Waals surface area (Å²) in [4.78, 5) is 25.0. The SMILES string of the molecule is Cc1nsc(N(C)C(=O)c2cnn(C)c2C)c1C(=O)O. The summed E-state index contributed by atoms with van der Waals surface area (Å²) >= 11 is 0.995. The number of hydrogen-bond acceptors (Lipinski definition) is 5. The third-order valence-electron chi connectivity index (χ3n) is 3.13. The average Bonchev–Trinajstić information content (AvgIpc) is 2.92. The summed E-state index contributed by atoms with van der Waals surface area (Å²) < 4.78 is 5.60. The highest BCUT2D eigenvalue weighted by molar-refractivity contribution is 7.11. The van der Waals surface area contributed by atoms with E-state index < -0.39 is 5.97 Å². The van der Waals surface area contributed by atoms with Gasteiger partial charge in [0.25, 0.3) is 5.91 Å². The molecule has 1 amide bonds. The number of aromatic nitrogens is 3. The number of anilines is 1. The first-order chi connectivity index (χ1) is 9.34. The lowest BCUT2D eigenvalue weighted by molar-refractivity contribution is 0.0697. The molecular formula is C12H14N4O3S. The van der Waals surface area contributed by atoms with Gasteiger partial charge in [-0.05, 0) is 25.4 Å². The Morgan fingerprint density at radius 2 is 2.05 bits per heavy atom. The molecule has 0 radical (unpaired) electrons. The van der Waals surface area contributed by atoms with Gasteiger partial charge in [-0.15, -0.1) is 0 Å². The van der Waals surface area contributed by atoms with E-state index in [1.165, 1.54) is 18.1 Å². The minimum atomic E-state index is -1.09. The van der Waals surface area contributed by atoms with Crippen molar-refractivity contribution in [2.45, 2.75) is 13.8 Å². The van der Waals surface area contributed by atoms with Crippen LogP contribution in [0.2, 0.25) is 0 Å². The van der Waals surface area contributed by atoms with Gasteiger partial charge in [0.15, 0.2) is 0 Å². The summed E-state index contributed by atoms with van der Waals surface area (Å²) in [5.41, 5.74) is 1.63. The van der Waals surface area contributed by atoms with Crippen LogP contribution in [0.1, 0.15) is 32.1 Å². The van der Waals surface area contributed by atoms with Crippen molar-refractivity contribution >= 4 is 28.4 Å². The second-order valence-electron chi connectivity index (χ2n) is 4.38. The molecule has 0 bridgehead atoms. The third-order valence-corrected chi connectivity index (χ3v) is 4.15. The Balaban J connectivity index is 2.42. The average molecular weight is 294 g/mol. The highest BCUT2D eigenvalue weighted by Gasteiger charge is 2.26. The summed E-state index contributed by atoms with van der Waals surface area (Å²) in [5, 5.41) is 13.5. The smallest absolute Gasteiger partial charge is 0.340 e. The summed E-state index contributed by atoms with van der Waals surface area (Å²) in [5.74, 6) is -1.39. The molecule has 0 aromatic carbocycles. The molecule has 0 unspecified atom stereocenters. The number of rotatable bonds is 3. The number of hydrogen-bond donors (Lipinski definition) is 1. The first-order valence-electron chi connectivity index (χ1n) is 5.80. The van der Waals surface area contributed by atoms with E-state index in [4.69, 9.17) is 0 Å². The number of carboxylic acid groups (broad SMARTS) is 1. The Kier molecular flexibility index (Phi) is 3.58. The molecule has 20 heavy (non-hydrogen) atoms. The maximum absolute atomic E-state index is 12.4. The van der Waals surface area contributed by atoms with Crippen molar-refractivity contribution in [3.8, 4) is 0 Å². The summed E-state index contributed by atoms with van der Waals surface area (Å²) in [7, 11) is 3.28. The van der Waals surface area contributed by atoms with Crippen LogP contribution in [0.3, 0.4) is 0 Å². The first kappa shape index (κ1) is 14.2. The monoisotopic (exact) mass is 294 g/mol. The predicted octanol–water partition coefficient (Wildman–Crippen LogP) is 1.47. The Labute approximate surface area is 119 Å². The van der Waals surface area contributed by atoms with Gasteiger partial charge in [0, 0.05) is 19.8 Å². The van der Waals surface area contributed by atoms with Gasteiger partial charge in [-0.3, -0.25) is 9.48 Å². The zero-order valence-electron chi connectivity index (χ0n) is 11.5. The lowest BCUT2D eigenvalue weighted by Crippen LogP contribution is -2.27. The molecule has 2 aromatic rings. The van der Waals surface area contributed by atoms with Crippen molar-refractivity contribution in [3.05, 3.63) is 28.7 Å². The quantitative estimate of drug-likeness (QED) is 0.926. The largest absolute Gasteiger partial charge is 0.478 e. The van der Waals surface area contributed by atoms with Gasteiger partial charge in [-0.2, -0.15) is 9.47 Å². The van der Waals surface area contributed by atoms with Crippen molar-refractivity contribution < 1.29 is 14.7 Å². The van der Waals surface area contributed by atoms with Crippen LogP contribution >= 0.6 is 11.5 Å². The topological polar surface area (TPSA) is 88.3 Å². The van der Waals surface area contributed by atoms with Crippen molar-refractivity contribution in [2.24, 2.45) is 7.05 Å². The fraction of sp³-hybridized carbons (Fsp3) is 0.333. The van der Waals surface area contributed by atoms with E-state index in [2.05, 4.69) is 9.47 Å². The molecular weight excluding hydrogens is 280 g/mol. The van der Waals surface area contributed by atoms with E-state index in [-0.39, 0.29) is 11.5 Å². The number of aromatic carboxylic acids is 1. The Bertz CT molecular complexity index is 689. The maximum atomic E-state index is 12.4. The Morgan fingerprint density at radius 3 is 2.55 bits per heavy atom. The van der Waals surface area contributed by atoms with Crippen LogP contribution in [0.5, 0.6) is 0 Å². The normalized spacial score (nSPS) is 10.6. The second-order valence-corrected chi connectivity index (χ2v) is 5.14. The van der Waals surface area contributed by atoms with E-state index in [1.54, 1.807) is 25.6 Å². The molecule has 8 heteroatoms. The molecule has 0 fully saturated rings. The zero-order chi connectivity index (χ0) is 15.0. The number of carbonyl (C=O) groups excluding carboxylic acids is 1. The number of nitrogens with zero attached hydrogens (tertiary/aromatic N) is 4. The number of carbonyl (C=O) groups is 2. The number of amides is 1. The van der Waals surface area contributed by atoms with Crippen molar-refractivity contribution in [2.75, 3.05) is 11.9 Å². The van der Waals surface area contributed by atoms with E-state index in [9.17, 15) is 14.7 Å². The fourth-order valence-electron chi connectivity index (χ4n) is 1.81. The van der Waals surface area contributed by atoms with Gasteiger partial charge in [0.1, 0.15) is 10.6 Å². The van der Waals surface area contributed by atoms with Gasteiger partial charge >= 0.3 is 5.97 Å². The molecule has 0 atom stereocenters. The minimum Gasteiger partial charge on any atom is -0.478 e. The fourth-order valence-corrected chi connectivity index (χ4v) is 2.66. The van der Waals surface area contributed by atoms with Crippen LogP contribution in [0.4, 0.5) is 5.00 Å². The highest BCUT2D eigenvalue weighted by atomic mass is 32.1. The van der Waals surface area contributed by atoms with Crippen molar-refractivity contribution in [1.82, 2.24) is 14.2 Å². The molecule has 2 rings (SSSR count). The van der Waals surface area contributed by atoms with Gasteiger partial charge in [-0.25, -0.2) is 4.79 Å². The van der Waals surface area contributed by atoms with Crippen LogP contribution in [-0.4, -0.2) is 38.2 Å². The van der Waals surface area contributed by atoms with Crippen LogP contribution in [-0.2, 0) is 7.05 Å². The molecule has 0 saturated carbocycles. The van der Waals surface area contributed by atoms with Gasteiger partial charge in [-0.1, -0.05) is 0 Å². The van der Waals surface area contributed by atoms with Crippen molar-refractivity contribution in [1.29, 1.82) is 0 Å². The van der Waals surface area contributed by atoms with Gasteiger partial charge < -0.3 is 10.0 Å². The lowest BCUT2D eigenvalue weighted by atomic mass is 10.2. The van der Waals surface area contributed by atoms with E-state index in [1.807, 2.05) is 0 Å². The van der Waals surface area contributed by atoms with E-state index in [0.29, 0.717) is 16.3 Å². The molecule has 0 aliphatic carbocycles. The zero-order valence-corrected chi connectivity index (χ0v) is 12.4. The third kappa shape index (κ3) is 2.18. The molecule has 0 spiro atoms. The summed E-state index contributed by atoms with van der Waals surface area (Å²) in [6, 6.07) is 0. The van der Waals surface area contributed by atoms with E-state index >= 15 is 0 Å². The molecule has 1 N–H and O–H groups in total. The Hall–Kier alpha value is -2.22. The molecule has 0 saturated heterocycles. The van der Waals surface area contributed by atoms with Crippen LogP contribution in [0.25, 0.3) is 0 Å². The standard InChI is InChI=1S/C12H14N4O3S/c1-6-9(12(18)19)11(20-14-6)15(3)10(17)8-5-13-16(4)7(8)2/h5H,1-4H3,(H,18,19). The van der Waals surface area contributed by atoms with E-state index in [0.717, 1.165) is 17.2 Å². The second kappa shape index (κ2) is 5.04. The van der Waals surface area contributed by atoms with Crippen molar-refractivity contribution in [3.63, 3.8) is 0 Å². The predicted molar refractivity (Wildman–Crippen MR) is 74.5 cm³/mol. The number of aryl methyl sites for hydroxylation is 2. The molecule has 0 aliphatic heterocycles. The molecule has 0 aliphatic rings. The van der Waals surface area contributed by atoms with Gasteiger partial charge in [0.05, 0.1) is 17.5 Å². The Morgan fingerprint density at radius 1 is 1.40 bits per heavy atom. The van der Waals surface area contributed by atoms with Crippen LogP contribution < -0.4 is 4.90 Å². The summed E-state index contributed by atoms with van der Waals surface area (Å²) in [6.07, 6.45) is 1.47. The van der Waals surface area contributed by atoms with Gasteiger partial charge in [0.2, 0.25) is 0 Å². The lowest BCUT2D eigenvalue weighted by Gasteiger charge is -2.15. The maximum Gasteiger partial charge on any atom is 0.340 e. The molecule has 2 aromatic heterocycles. The van der Waals surface area contributed by atoms with Crippen LogP contribution in [0, 0.1) is 13.8 Å². The minimum absolute atomic E-state index is 0.0624. The summed E-state index contributed by atoms with van der Waals surface area (Å²) in [6.45, 7) is 3.39.